The number of carbonyl (C=O) groups is 1. The highest BCUT2D eigenvalue weighted by molar-refractivity contribution is 5.86. The quantitative estimate of drug-likeness (QED) is 0.0417. The van der Waals surface area contributed by atoms with E-state index in [2.05, 4.69) is 20.4 Å². The van der Waals surface area contributed by atoms with Gasteiger partial charge in [-0.15, -0.1) is 0 Å². The van der Waals surface area contributed by atoms with Crippen molar-refractivity contribution in [1.29, 1.82) is 0 Å². The molecule has 0 spiro atoms. The molecule has 0 amide bonds. The summed E-state index contributed by atoms with van der Waals surface area (Å²) in [4.78, 5) is 12.0. The van der Waals surface area contributed by atoms with Gasteiger partial charge in [-0.05, 0) is 25.7 Å². The van der Waals surface area contributed by atoms with Crippen LogP contribution in [0.2, 0.25) is 0 Å². The van der Waals surface area contributed by atoms with Crippen LogP contribution in [0.15, 0.2) is 12.2 Å². The fourth-order valence-corrected chi connectivity index (χ4v) is 6.24. The zero-order chi connectivity index (χ0) is 30.8. The molecule has 250 valence electrons. The fraction of sp³-hybridized carbons (Fsp3) is 0.925. The van der Waals surface area contributed by atoms with Gasteiger partial charge in [-0.2, -0.15) is 0 Å². The molecule has 0 aromatic heterocycles. The molecule has 0 bridgehead atoms. The standard InChI is InChI=1S/C40H78O2/c1-5-7-9-11-13-15-17-19-21-22-24-26-28-30-32-34-36-39(37-42-40(41)38(3)4)35-33-31-29-27-25-23-20-18-16-14-12-10-8-6-2/h39H,3,5-37H2,1-2,4H3. The van der Waals surface area contributed by atoms with Gasteiger partial charge in [0.2, 0.25) is 0 Å². The van der Waals surface area contributed by atoms with Crippen LogP contribution in [0.5, 0.6) is 0 Å². The molecule has 0 aliphatic heterocycles. The largest absolute Gasteiger partial charge is 0.462 e. The van der Waals surface area contributed by atoms with Gasteiger partial charge >= 0.3 is 5.97 Å². The van der Waals surface area contributed by atoms with Crippen LogP contribution in [-0.4, -0.2) is 12.6 Å². The summed E-state index contributed by atoms with van der Waals surface area (Å²) in [5.41, 5.74) is 0.521. The number of rotatable bonds is 35. The first-order valence-corrected chi connectivity index (χ1v) is 19.4. The third-order valence-electron chi connectivity index (χ3n) is 9.23. The van der Waals surface area contributed by atoms with Crippen molar-refractivity contribution in [3.05, 3.63) is 12.2 Å². The Balaban J connectivity index is 3.74. The van der Waals surface area contributed by atoms with E-state index >= 15 is 0 Å². The lowest BCUT2D eigenvalue weighted by atomic mass is 9.94. The number of hydrogen-bond acceptors (Lipinski definition) is 2. The van der Waals surface area contributed by atoms with Crippen LogP contribution in [-0.2, 0) is 9.53 Å². The van der Waals surface area contributed by atoms with E-state index in [1.807, 2.05) is 0 Å². The second kappa shape index (κ2) is 34.7. The molecule has 0 aromatic rings. The topological polar surface area (TPSA) is 26.3 Å². The van der Waals surface area contributed by atoms with Gasteiger partial charge in [0.1, 0.15) is 0 Å². The van der Waals surface area contributed by atoms with Crippen molar-refractivity contribution in [3.8, 4) is 0 Å². The highest BCUT2D eigenvalue weighted by atomic mass is 16.5. The van der Waals surface area contributed by atoms with Gasteiger partial charge in [0.25, 0.3) is 0 Å². The van der Waals surface area contributed by atoms with Crippen LogP contribution in [0.3, 0.4) is 0 Å². The summed E-state index contributed by atoms with van der Waals surface area (Å²) in [6, 6.07) is 0. The van der Waals surface area contributed by atoms with E-state index in [9.17, 15) is 4.79 Å². The molecule has 0 aromatic carbocycles. The average Bonchev–Trinajstić information content (AvgIpc) is 2.99. The first kappa shape index (κ1) is 41.2. The van der Waals surface area contributed by atoms with Gasteiger partial charge in [0.05, 0.1) is 6.61 Å². The van der Waals surface area contributed by atoms with Crippen molar-refractivity contribution in [2.75, 3.05) is 6.61 Å². The van der Waals surface area contributed by atoms with Gasteiger partial charge in [0, 0.05) is 5.57 Å². The zero-order valence-corrected chi connectivity index (χ0v) is 29.4. The van der Waals surface area contributed by atoms with E-state index in [-0.39, 0.29) is 5.97 Å². The minimum absolute atomic E-state index is 0.215. The summed E-state index contributed by atoms with van der Waals surface area (Å²) in [5.74, 6) is 0.310. The molecule has 2 nitrogen and oxygen atoms in total. The maximum absolute atomic E-state index is 12.0. The van der Waals surface area contributed by atoms with Gasteiger partial charge in [-0.3, -0.25) is 0 Å². The smallest absolute Gasteiger partial charge is 0.333 e. The van der Waals surface area contributed by atoms with Crippen molar-refractivity contribution < 1.29 is 9.53 Å². The van der Waals surface area contributed by atoms with E-state index in [1.165, 1.54) is 205 Å². The Morgan fingerprint density at radius 2 is 0.690 bits per heavy atom. The zero-order valence-electron chi connectivity index (χ0n) is 29.4. The Labute approximate surface area is 266 Å². The SMILES string of the molecule is C=C(C)C(=O)OCC(CCCCCCCCCCCCCCCC)CCCCCCCCCCCCCCCCCC. The molecule has 0 aliphatic rings. The summed E-state index contributed by atoms with van der Waals surface area (Å²) in [7, 11) is 0. The van der Waals surface area contributed by atoms with Crippen LogP contribution in [0, 0.1) is 5.92 Å². The minimum atomic E-state index is -0.215. The molecule has 2 heteroatoms. The van der Waals surface area contributed by atoms with E-state index < -0.39 is 0 Å². The fourth-order valence-electron chi connectivity index (χ4n) is 6.24. The van der Waals surface area contributed by atoms with E-state index in [0.717, 1.165) is 0 Å². The van der Waals surface area contributed by atoms with Crippen molar-refractivity contribution in [2.45, 2.75) is 226 Å². The van der Waals surface area contributed by atoms with Gasteiger partial charge in [-0.1, -0.05) is 213 Å². The van der Waals surface area contributed by atoms with Gasteiger partial charge in [-0.25, -0.2) is 4.79 Å². The maximum Gasteiger partial charge on any atom is 0.333 e. The van der Waals surface area contributed by atoms with Crippen molar-refractivity contribution in [2.24, 2.45) is 5.92 Å². The number of unbranched alkanes of at least 4 members (excludes halogenated alkanes) is 28. The Morgan fingerprint density at radius 3 is 0.929 bits per heavy atom. The highest BCUT2D eigenvalue weighted by Crippen LogP contribution is 2.21. The molecule has 1 atom stereocenters. The number of carbonyl (C=O) groups excluding carboxylic acids is 1. The molecule has 0 radical (unpaired) electrons. The summed E-state index contributed by atoms with van der Waals surface area (Å²) in [6.07, 6.45) is 44.6. The first-order chi connectivity index (χ1) is 20.6. The Bertz CT molecular complexity index is 554. The molecular formula is C40H78O2. The van der Waals surface area contributed by atoms with E-state index in [4.69, 9.17) is 4.74 Å². The number of hydrogen-bond donors (Lipinski definition) is 0. The van der Waals surface area contributed by atoms with Crippen molar-refractivity contribution in [3.63, 3.8) is 0 Å². The molecule has 1 unspecified atom stereocenters. The molecule has 0 N–H and O–H groups in total. The Kier molecular flexibility index (Phi) is 34.0. The molecule has 0 rings (SSSR count). The average molecular weight is 591 g/mol. The van der Waals surface area contributed by atoms with Crippen LogP contribution in [0.1, 0.15) is 226 Å². The van der Waals surface area contributed by atoms with Gasteiger partial charge < -0.3 is 4.74 Å². The number of ether oxygens (including phenoxy) is 1. The van der Waals surface area contributed by atoms with E-state index in [1.54, 1.807) is 6.92 Å². The molecule has 0 heterocycles. The Hall–Kier alpha value is -0.790. The first-order valence-electron chi connectivity index (χ1n) is 19.4. The van der Waals surface area contributed by atoms with Crippen LogP contribution in [0.4, 0.5) is 0 Å². The predicted molar refractivity (Wildman–Crippen MR) is 188 cm³/mol. The molecule has 0 saturated heterocycles. The lowest BCUT2D eigenvalue weighted by Gasteiger charge is -2.17. The second-order valence-electron chi connectivity index (χ2n) is 13.7. The minimum Gasteiger partial charge on any atom is -0.462 e. The van der Waals surface area contributed by atoms with Crippen LogP contribution >= 0.6 is 0 Å². The lowest BCUT2D eigenvalue weighted by molar-refractivity contribution is -0.140. The normalized spacial score (nSPS) is 12.1. The molecular weight excluding hydrogens is 512 g/mol. The van der Waals surface area contributed by atoms with Crippen LogP contribution < -0.4 is 0 Å². The third kappa shape index (κ3) is 32.1. The summed E-state index contributed by atoms with van der Waals surface area (Å²) in [5, 5.41) is 0. The second-order valence-corrected chi connectivity index (χ2v) is 13.7. The lowest BCUT2D eigenvalue weighted by Crippen LogP contribution is -2.15. The summed E-state index contributed by atoms with van der Waals surface area (Å²) in [6.45, 7) is 10.7. The van der Waals surface area contributed by atoms with Crippen molar-refractivity contribution >= 4 is 5.97 Å². The highest BCUT2D eigenvalue weighted by Gasteiger charge is 2.12. The number of esters is 1. The Morgan fingerprint density at radius 1 is 0.452 bits per heavy atom. The van der Waals surface area contributed by atoms with Crippen LogP contribution in [0.25, 0.3) is 0 Å². The predicted octanol–water partition coefficient (Wildman–Crippen LogP) is 14.2. The molecule has 0 aliphatic carbocycles. The summed E-state index contributed by atoms with van der Waals surface area (Å²) < 4.78 is 5.58. The molecule has 0 fully saturated rings. The monoisotopic (exact) mass is 591 g/mol. The third-order valence-corrected chi connectivity index (χ3v) is 9.23. The summed E-state index contributed by atoms with van der Waals surface area (Å²) >= 11 is 0. The van der Waals surface area contributed by atoms with E-state index in [0.29, 0.717) is 18.1 Å². The molecule has 42 heavy (non-hydrogen) atoms. The van der Waals surface area contributed by atoms with Crippen molar-refractivity contribution in [1.82, 2.24) is 0 Å². The maximum atomic E-state index is 12.0. The van der Waals surface area contributed by atoms with Gasteiger partial charge in [0.15, 0.2) is 0 Å². The molecule has 0 saturated carbocycles.